The van der Waals surface area contributed by atoms with Crippen LogP contribution in [0, 0.1) is 0 Å². The molecule has 21 nitrogen and oxygen atoms in total. The second-order valence-electron chi connectivity index (χ2n) is 10.5. The number of alkyl halides is 6. The number of benzene rings is 2. The van der Waals surface area contributed by atoms with Gasteiger partial charge in [0.1, 0.15) is 28.1 Å². The molecule has 14 N–H and O–H groups in total. The zero-order valence-corrected chi connectivity index (χ0v) is 25.6. The summed E-state index contributed by atoms with van der Waals surface area (Å²) in [5, 5.41) is 143. The van der Waals surface area contributed by atoms with Gasteiger partial charge in [0.2, 0.25) is 0 Å². The molecule has 0 saturated carbocycles. The van der Waals surface area contributed by atoms with Crippen molar-refractivity contribution >= 4 is 29.2 Å². The highest BCUT2D eigenvalue weighted by atomic mass is 19.4. The van der Waals surface area contributed by atoms with Gasteiger partial charge in [-0.25, -0.2) is 14.8 Å². The molecule has 0 unspecified atom stereocenters. The van der Waals surface area contributed by atoms with Gasteiger partial charge >= 0.3 is 18.4 Å². The predicted octanol–water partition coefficient (Wildman–Crippen LogP) is -0.394. The molecule has 0 aliphatic rings. The number of aromatic nitrogens is 2. The van der Waals surface area contributed by atoms with Crippen molar-refractivity contribution in [3.63, 3.8) is 0 Å². The van der Waals surface area contributed by atoms with Crippen molar-refractivity contribution in [1.29, 1.82) is 0 Å². The Morgan fingerprint density at radius 1 is 0.615 bits per heavy atom. The maximum Gasteiger partial charge on any atom is 0.485 e. The van der Waals surface area contributed by atoms with Gasteiger partial charge in [-0.15, -0.1) is 0 Å². The highest BCUT2D eigenvalue weighted by Crippen LogP contribution is 2.57. The van der Waals surface area contributed by atoms with Gasteiger partial charge in [0, 0.05) is 21.1 Å². The Morgan fingerprint density at radius 2 is 1.02 bits per heavy atom. The summed E-state index contributed by atoms with van der Waals surface area (Å²) < 4.78 is 81.0. The molecule has 1 amide bonds. The zero-order valence-electron chi connectivity index (χ0n) is 25.6. The van der Waals surface area contributed by atoms with Crippen molar-refractivity contribution in [2.24, 2.45) is 0 Å². The first-order valence-corrected chi connectivity index (χ1v) is 13.0. The van der Waals surface area contributed by atoms with Gasteiger partial charge in [0.25, 0.3) is 17.5 Å². The van der Waals surface area contributed by atoms with E-state index in [1.54, 1.807) is 0 Å². The number of carboxylic acids is 1. The number of aliphatic hydroxyl groups is 4. The molecule has 0 fully saturated rings. The van der Waals surface area contributed by atoms with E-state index >= 15 is 0 Å². The minimum absolute atomic E-state index is 0.128. The van der Waals surface area contributed by atoms with Gasteiger partial charge in [-0.05, 0) is 0 Å². The van der Waals surface area contributed by atoms with E-state index in [0.717, 1.165) is 14.1 Å². The number of anilines is 3. The second-order valence-corrected chi connectivity index (χ2v) is 10.5. The van der Waals surface area contributed by atoms with E-state index in [0.29, 0.717) is 4.90 Å². The van der Waals surface area contributed by atoms with Crippen molar-refractivity contribution in [1.82, 2.24) is 9.97 Å². The second kappa shape index (κ2) is 12.6. The Balaban J connectivity index is 2.37. The van der Waals surface area contributed by atoms with Crippen LogP contribution in [0.1, 0.15) is 32.9 Å². The molecule has 0 aliphatic carbocycles. The summed E-state index contributed by atoms with van der Waals surface area (Å²) in [6.07, 6.45) is -11.3. The van der Waals surface area contributed by atoms with Gasteiger partial charge in [-0.1, -0.05) is 0 Å². The van der Waals surface area contributed by atoms with E-state index < -0.39 is 137 Å². The first-order valence-electron chi connectivity index (χ1n) is 13.0. The number of nitrogens with zero attached hydrogens (tertiary/aromatic N) is 5. The first-order chi connectivity index (χ1) is 23.4. The van der Waals surface area contributed by atoms with Crippen molar-refractivity contribution in [3.8, 4) is 46.0 Å². The minimum Gasteiger partial charge on any atom is -0.504 e. The van der Waals surface area contributed by atoms with E-state index in [2.05, 4.69) is 9.97 Å². The molecule has 0 atom stereocenters. The number of hydrogen-bond donors (Lipinski definition) is 14. The summed E-state index contributed by atoms with van der Waals surface area (Å²) in [5.74, 6) is -36.1. The number of carbonyl (C=O) groups excluding carboxylic acids is 1. The van der Waals surface area contributed by atoms with Crippen molar-refractivity contribution < 1.29 is 108 Å². The van der Waals surface area contributed by atoms with Gasteiger partial charge in [0.05, 0.1) is 0 Å². The summed E-state index contributed by atoms with van der Waals surface area (Å²) in [6.45, 7) is 0. The van der Waals surface area contributed by atoms with Crippen LogP contribution in [-0.4, -0.2) is 121 Å². The predicted molar refractivity (Wildman–Crippen MR) is 150 cm³/mol. The number of hydroxylamine groups is 1. The number of hydrogen-bond acceptors (Lipinski definition) is 19. The first kappa shape index (κ1) is 40.3. The number of phenols is 8. The third kappa shape index (κ3) is 6.21. The maximum absolute atomic E-state index is 13.8. The molecule has 2 aromatic carbocycles. The van der Waals surface area contributed by atoms with Crippen molar-refractivity contribution in [3.05, 3.63) is 28.1 Å². The number of aliphatic carboxylic acids is 1. The van der Waals surface area contributed by atoms with Crippen LogP contribution < -0.4 is 14.9 Å². The number of phenolic OH excluding ortho intramolecular Hbond substituents is 8. The molecule has 0 radical (unpaired) electrons. The van der Waals surface area contributed by atoms with Crippen LogP contribution in [0.5, 0.6) is 46.0 Å². The van der Waals surface area contributed by atoms with Gasteiger partial charge in [0.15, 0.2) is 63.3 Å². The van der Waals surface area contributed by atoms with Crippen LogP contribution in [-0.2, 0) is 22.5 Å². The van der Waals surface area contributed by atoms with E-state index in [1.807, 2.05) is 0 Å². The Hall–Kier alpha value is -6.16. The SMILES string of the molecule is CN(C)c1nc(C(O)(O)c2c(O)c(O)c(N(O)C(=O)c3c(O)c(O)c(C(F)(F)F)c(O)c3O)c(O)c2O)nc(N(C)C(F)(F)F)c1C(O)(O)C(=O)O. The van der Waals surface area contributed by atoms with Crippen LogP contribution in [0.2, 0.25) is 0 Å². The Labute approximate surface area is 281 Å². The Kier molecular flexibility index (Phi) is 9.73. The number of halogens is 6. The molecule has 1 heterocycles. The average Bonchev–Trinajstić information content (AvgIpc) is 3.00. The summed E-state index contributed by atoms with van der Waals surface area (Å²) >= 11 is 0. The fourth-order valence-electron chi connectivity index (χ4n) is 4.40. The van der Waals surface area contributed by atoms with Crippen LogP contribution >= 0.6 is 0 Å². The van der Waals surface area contributed by atoms with Crippen molar-refractivity contribution in [2.75, 3.05) is 36.0 Å². The Morgan fingerprint density at radius 3 is 1.38 bits per heavy atom. The molecule has 0 bridgehead atoms. The third-order valence-corrected chi connectivity index (χ3v) is 6.97. The number of carboxylic acid groups (broad SMARTS) is 1. The molecular formula is C25H23F6N5O16. The summed E-state index contributed by atoms with van der Waals surface area (Å²) in [5.41, 5.74) is -10.1. The van der Waals surface area contributed by atoms with Crippen LogP contribution in [0.3, 0.4) is 0 Å². The zero-order chi connectivity index (χ0) is 40.5. The number of rotatable bonds is 8. The highest BCUT2D eigenvalue weighted by molar-refractivity contribution is 6.11. The average molecular weight is 763 g/mol. The monoisotopic (exact) mass is 763 g/mol. The largest absolute Gasteiger partial charge is 0.504 e. The fraction of sp³-hybridized carbons (Fsp3) is 0.280. The molecule has 0 aliphatic heterocycles. The lowest BCUT2D eigenvalue weighted by atomic mass is 9.98. The fourth-order valence-corrected chi connectivity index (χ4v) is 4.40. The maximum atomic E-state index is 13.8. The van der Waals surface area contributed by atoms with Gasteiger partial charge < -0.3 is 71.3 Å². The number of carbonyl (C=O) groups is 2. The molecular weight excluding hydrogens is 740 g/mol. The van der Waals surface area contributed by atoms with Crippen LogP contribution in [0.4, 0.5) is 43.7 Å². The van der Waals surface area contributed by atoms with E-state index in [-0.39, 0.29) is 7.05 Å². The quantitative estimate of drug-likeness (QED) is 0.0264. The van der Waals surface area contributed by atoms with Crippen molar-refractivity contribution in [2.45, 2.75) is 24.1 Å². The third-order valence-electron chi connectivity index (χ3n) is 6.97. The van der Waals surface area contributed by atoms with Gasteiger partial charge in [-0.2, -0.15) is 31.4 Å². The van der Waals surface area contributed by atoms with Crippen LogP contribution in [0.15, 0.2) is 0 Å². The molecule has 52 heavy (non-hydrogen) atoms. The lowest BCUT2D eigenvalue weighted by Gasteiger charge is -2.32. The lowest BCUT2D eigenvalue weighted by molar-refractivity contribution is -0.208. The molecule has 0 spiro atoms. The summed E-state index contributed by atoms with van der Waals surface area (Å²) in [7, 11) is 1.94. The molecule has 3 rings (SSSR count). The smallest absolute Gasteiger partial charge is 0.485 e. The Bertz CT molecular complexity index is 1930. The minimum atomic E-state index is -5.69. The van der Waals surface area contributed by atoms with Gasteiger partial charge in [-0.3, -0.25) is 14.9 Å². The summed E-state index contributed by atoms with van der Waals surface area (Å²) in [4.78, 5) is 30.7. The van der Waals surface area contributed by atoms with E-state index in [1.165, 1.54) is 0 Å². The standard InChI is InChI=1S/C25H23F6N5O16/c1-34(2)17-7(23(50,51)21(46)47)18(35(3)25(29,30)31)33-20(32-17)22(48,49)5-11(39)15(43)8(16(44)12(5)40)36(52)19(45)4-9(37)13(41)6(24(26,27)28)14(42)10(4)38/h37-44,48-52H,1-3H3,(H,46,47). The molecule has 3 aromatic rings. The molecule has 27 heteroatoms. The van der Waals surface area contributed by atoms with E-state index in [4.69, 9.17) is 0 Å². The van der Waals surface area contributed by atoms with Crippen LogP contribution in [0.25, 0.3) is 0 Å². The lowest BCUT2D eigenvalue weighted by Crippen LogP contribution is -2.43. The number of amides is 1. The molecule has 1 aromatic heterocycles. The van der Waals surface area contributed by atoms with E-state index in [9.17, 15) is 108 Å². The number of aromatic hydroxyl groups is 8. The normalized spacial score (nSPS) is 12.5. The molecule has 0 saturated heterocycles. The molecule has 286 valence electrons. The topological polar surface area (TPSA) is 353 Å². The highest BCUT2D eigenvalue weighted by Gasteiger charge is 2.50. The summed E-state index contributed by atoms with van der Waals surface area (Å²) in [6, 6.07) is 0.